The van der Waals surface area contributed by atoms with Gasteiger partial charge in [0.1, 0.15) is 24.2 Å². The first kappa shape index (κ1) is 30.2. The lowest BCUT2D eigenvalue weighted by Crippen LogP contribution is -2.59. The van der Waals surface area contributed by atoms with Gasteiger partial charge in [0.15, 0.2) is 0 Å². The van der Waals surface area contributed by atoms with Crippen LogP contribution in [0.15, 0.2) is 0 Å². The molecule has 13 heteroatoms. The van der Waals surface area contributed by atoms with Crippen molar-refractivity contribution in [1.82, 2.24) is 16.0 Å². The molecule has 0 aliphatic carbocycles. The van der Waals surface area contributed by atoms with Gasteiger partial charge >= 0.3 is 5.97 Å². The predicted octanol–water partition coefficient (Wildman–Crippen LogP) is -2.72. The summed E-state index contributed by atoms with van der Waals surface area (Å²) >= 11 is 0. The van der Waals surface area contributed by atoms with Crippen LogP contribution in [0.3, 0.4) is 0 Å². The second kappa shape index (κ2) is 15.1. The third-order valence-corrected chi connectivity index (χ3v) is 4.94. The molecule has 0 bridgehead atoms. The summed E-state index contributed by atoms with van der Waals surface area (Å²) in [6.07, 6.45) is -0.377. The van der Waals surface area contributed by atoms with Crippen LogP contribution in [0.5, 0.6) is 0 Å². The first-order valence-electron chi connectivity index (χ1n) is 10.9. The van der Waals surface area contributed by atoms with Gasteiger partial charge in [-0.05, 0) is 45.1 Å². The molecule has 5 atom stereocenters. The van der Waals surface area contributed by atoms with E-state index in [0.29, 0.717) is 19.4 Å². The van der Waals surface area contributed by atoms with Gasteiger partial charge in [0.05, 0.1) is 6.10 Å². The monoisotopic (exact) mass is 474 g/mol. The summed E-state index contributed by atoms with van der Waals surface area (Å²) in [5.74, 6) is -4.62. The quantitative estimate of drug-likeness (QED) is 0.108. The summed E-state index contributed by atoms with van der Waals surface area (Å²) < 4.78 is 0. The number of aliphatic hydroxyl groups is 1. The third kappa shape index (κ3) is 11.6. The molecule has 0 aliphatic heterocycles. The number of carboxylic acid groups (broad SMARTS) is 1. The topological polar surface area (TPSA) is 240 Å². The summed E-state index contributed by atoms with van der Waals surface area (Å²) in [6.45, 7) is 5.04. The summed E-state index contributed by atoms with van der Waals surface area (Å²) in [5, 5.41) is 26.1. The number of carboxylic acids is 1. The number of nitrogens with one attached hydrogen (secondary N) is 3. The zero-order chi connectivity index (χ0) is 25.7. The molecule has 0 saturated carbocycles. The Labute approximate surface area is 193 Å². The molecule has 0 fully saturated rings. The Bertz CT molecular complexity index is 686. The Morgan fingerprint density at radius 2 is 1.42 bits per heavy atom. The van der Waals surface area contributed by atoms with Gasteiger partial charge in [0.2, 0.25) is 23.6 Å². The number of hydrogen-bond acceptors (Lipinski definition) is 8. The summed E-state index contributed by atoms with van der Waals surface area (Å²) in [4.78, 5) is 60.3. The number of carbonyl (C=O) groups is 5. The van der Waals surface area contributed by atoms with Crippen LogP contribution in [0.2, 0.25) is 0 Å². The molecule has 0 saturated heterocycles. The van der Waals surface area contributed by atoms with E-state index in [4.69, 9.17) is 17.2 Å². The van der Waals surface area contributed by atoms with Crippen molar-refractivity contribution in [3.63, 3.8) is 0 Å². The highest BCUT2D eigenvalue weighted by Gasteiger charge is 2.32. The van der Waals surface area contributed by atoms with Gasteiger partial charge in [-0.1, -0.05) is 13.8 Å². The van der Waals surface area contributed by atoms with Crippen molar-refractivity contribution >= 4 is 29.6 Å². The molecule has 11 N–H and O–H groups in total. The maximum Gasteiger partial charge on any atom is 0.326 e. The van der Waals surface area contributed by atoms with Crippen molar-refractivity contribution in [2.75, 3.05) is 6.54 Å². The fourth-order valence-corrected chi connectivity index (χ4v) is 2.84. The van der Waals surface area contributed by atoms with Gasteiger partial charge in [-0.25, -0.2) is 4.79 Å². The minimum atomic E-state index is -1.37. The molecular formula is C20H38N6O7. The molecule has 0 aromatic heterocycles. The minimum absolute atomic E-state index is 0.170. The highest BCUT2D eigenvalue weighted by molar-refractivity contribution is 5.94. The highest BCUT2D eigenvalue weighted by Crippen LogP contribution is 2.08. The molecule has 0 aliphatic rings. The fourth-order valence-electron chi connectivity index (χ4n) is 2.84. The lowest BCUT2D eigenvalue weighted by atomic mass is 10.0. The molecule has 0 aromatic carbocycles. The summed E-state index contributed by atoms with van der Waals surface area (Å²) in [5.41, 5.74) is 16.1. The van der Waals surface area contributed by atoms with E-state index in [-0.39, 0.29) is 25.2 Å². The van der Waals surface area contributed by atoms with E-state index in [1.165, 1.54) is 6.92 Å². The average molecular weight is 475 g/mol. The molecular weight excluding hydrogens is 436 g/mol. The second-order valence-corrected chi connectivity index (χ2v) is 8.25. The highest BCUT2D eigenvalue weighted by atomic mass is 16.4. The number of unbranched alkanes of at least 4 members (excludes halogenated alkanes) is 1. The number of aliphatic carboxylic acids is 1. The van der Waals surface area contributed by atoms with Gasteiger partial charge in [0.25, 0.3) is 0 Å². The molecule has 4 amide bonds. The van der Waals surface area contributed by atoms with Gasteiger partial charge in [-0.2, -0.15) is 0 Å². The molecule has 0 heterocycles. The van der Waals surface area contributed by atoms with Crippen molar-refractivity contribution in [3.8, 4) is 0 Å². The van der Waals surface area contributed by atoms with Gasteiger partial charge in [0, 0.05) is 6.42 Å². The lowest BCUT2D eigenvalue weighted by Gasteiger charge is -2.27. The molecule has 0 radical (unpaired) electrons. The zero-order valence-electron chi connectivity index (χ0n) is 19.4. The van der Waals surface area contributed by atoms with Gasteiger partial charge in [-0.15, -0.1) is 0 Å². The molecule has 33 heavy (non-hydrogen) atoms. The Balaban J connectivity index is 5.46. The van der Waals surface area contributed by atoms with E-state index in [1.54, 1.807) is 13.8 Å². The van der Waals surface area contributed by atoms with Crippen LogP contribution in [0.1, 0.15) is 52.9 Å². The normalized spacial score (nSPS) is 15.6. The Kier molecular flexibility index (Phi) is 13.9. The Hall–Kier alpha value is -2.77. The molecule has 0 aromatic rings. The zero-order valence-corrected chi connectivity index (χ0v) is 19.4. The summed E-state index contributed by atoms with van der Waals surface area (Å²) in [6, 6.07) is -4.78. The summed E-state index contributed by atoms with van der Waals surface area (Å²) in [7, 11) is 0. The maximum atomic E-state index is 12.9. The van der Waals surface area contributed by atoms with Crippen LogP contribution in [0, 0.1) is 5.92 Å². The Morgan fingerprint density at radius 3 is 1.88 bits per heavy atom. The SMILES string of the molecule is CC(C)C(NC(=O)C(N)C(C)O)C(=O)NC(CCCCN)C(=O)NC(CCC(N)=O)C(=O)O. The van der Waals surface area contributed by atoms with Crippen molar-refractivity contribution in [1.29, 1.82) is 0 Å². The first-order valence-corrected chi connectivity index (χ1v) is 10.9. The van der Waals surface area contributed by atoms with E-state index in [0.717, 1.165) is 0 Å². The number of rotatable bonds is 16. The van der Waals surface area contributed by atoms with Crippen LogP contribution in [0.25, 0.3) is 0 Å². The number of carbonyl (C=O) groups excluding carboxylic acids is 4. The van der Waals surface area contributed by atoms with Crippen molar-refractivity contribution < 1.29 is 34.2 Å². The van der Waals surface area contributed by atoms with E-state index in [2.05, 4.69) is 16.0 Å². The average Bonchev–Trinajstić information content (AvgIpc) is 2.72. The van der Waals surface area contributed by atoms with Crippen molar-refractivity contribution in [2.24, 2.45) is 23.1 Å². The maximum absolute atomic E-state index is 12.9. The molecule has 0 spiro atoms. The minimum Gasteiger partial charge on any atom is -0.480 e. The second-order valence-electron chi connectivity index (χ2n) is 8.25. The van der Waals surface area contributed by atoms with Crippen LogP contribution in [-0.2, 0) is 24.0 Å². The van der Waals surface area contributed by atoms with Crippen LogP contribution >= 0.6 is 0 Å². The van der Waals surface area contributed by atoms with E-state index in [9.17, 15) is 34.2 Å². The van der Waals surface area contributed by atoms with Gasteiger partial charge in [-0.3, -0.25) is 19.2 Å². The predicted molar refractivity (Wildman–Crippen MR) is 119 cm³/mol. The smallest absolute Gasteiger partial charge is 0.326 e. The number of primary amides is 1. The van der Waals surface area contributed by atoms with E-state index in [1.807, 2.05) is 0 Å². The van der Waals surface area contributed by atoms with Gasteiger partial charge < -0.3 is 43.4 Å². The molecule has 190 valence electrons. The first-order chi connectivity index (χ1) is 15.3. The number of amides is 4. The van der Waals surface area contributed by atoms with Crippen LogP contribution < -0.4 is 33.2 Å². The number of nitrogens with two attached hydrogens (primary N) is 3. The molecule has 13 nitrogen and oxygen atoms in total. The van der Waals surface area contributed by atoms with Crippen molar-refractivity contribution in [2.45, 2.75) is 83.1 Å². The third-order valence-electron chi connectivity index (χ3n) is 4.94. The molecule has 5 unspecified atom stereocenters. The van der Waals surface area contributed by atoms with E-state index < -0.39 is 59.9 Å². The molecule has 0 rings (SSSR count). The van der Waals surface area contributed by atoms with E-state index >= 15 is 0 Å². The standard InChI is InChI=1S/C20H38N6O7/c1-10(2)16(26-18(30)15(23)11(3)27)19(31)24-12(6-4-5-9-21)17(29)25-13(20(32)33)7-8-14(22)28/h10-13,15-16,27H,4-9,21,23H2,1-3H3,(H2,22,28)(H,24,31)(H,25,29)(H,26,30)(H,32,33). The van der Waals surface area contributed by atoms with Crippen molar-refractivity contribution in [3.05, 3.63) is 0 Å². The Morgan fingerprint density at radius 1 is 0.848 bits per heavy atom. The lowest BCUT2D eigenvalue weighted by molar-refractivity contribution is -0.142. The fraction of sp³-hybridized carbons (Fsp3) is 0.750. The van der Waals surface area contributed by atoms with Crippen LogP contribution in [0.4, 0.5) is 0 Å². The number of hydrogen-bond donors (Lipinski definition) is 8. The largest absolute Gasteiger partial charge is 0.480 e. The van der Waals surface area contributed by atoms with Crippen LogP contribution in [-0.4, -0.2) is 76.6 Å². The number of aliphatic hydroxyl groups excluding tert-OH is 1.